The maximum Gasteiger partial charge on any atom is 0.200 e. The van der Waals surface area contributed by atoms with E-state index in [0.29, 0.717) is 0 Å². The fourth-order valence-corrected chi connectivity index (χ4v) is 1.86. The normalized spacial score (nSPS) is 22.4. The highest BCUT2D eigenvalue weighted by Crippen LogP contribution is 2.38. The zero-order valence-electron chi connectivity index (χ0n) is 7.44. The van der Waals surface area contributed by atoms with Crippen molar-refractivity contribution in [1.82, 2.24) is 0 Å². The Kier molecular flexibility index (Phi) is 1.39. The van der Waals surface area contributed by atoms with Gasteiger partial charge in [-0.05, 0) is 12.1 Å². The molecule has 0 fully saturated rings. The Labute approximate surface area is 81.5 Å². The molecular formula is C12H8O2. The highest BCUT2D eigenvalue weighted by molar-refractivity contribution is 6.07. The van der Waals surface area contributed by atoms with Crippen molar-refractivity contribution in [2.45, 2.75) is 6.10 Å². The van der Waals surface area contributed by atoms with E-state index < -0.39 is 6.10 Å². The first kappa shape index (κ1) is 7.56. The van der Waals surface area contributed by atoms with Gasteiger partial charge in [0.2, 0.25) is 5.78 Å². The SMILES string of the molecule is O=C1C=CC=C2c3ccccc3OC12. The Balaban J connectivity index is 2.19. The molecule has 0 saturated heterocycles. The zero-order valence-corrected chi connectivity index (χ0v) is 7.44. The number of rotatable bonds is 0. The summed E-state index contributed by atoms with van der Waals surface area (Å²) in [5, 5.41) is 0. The van der Waals surface area contributed by atoms with Crippen LogP contribution in [0.1, 0.15) is 5.56 Å². The average molecular weight is 184 g/mol. The molecule has 1 heterocycles. The first-order chi connectivity index (χ1) is 6.86. The number of hydrogen-bond acceptors (Lipinski definition) is 2. The molecule has 0 radical (unpaired) electrons. The average Bonchev–Trinajstić information content (AvgIpc) is 2.59. The second-order valence-electron chi connectivity index (χ2n) is 3.38. The summed E-state index contributed by atoms with van der Waals surface area (Å²) in [7, 11) is 0. The molecule has 1 aromatic carbocycles. The fourth-order valence-electron chi connectivity index (χ4n) is 1.86. The third-order valence-electron chi connectivity index (χ3n) is 2.52. The van der Waals surface area contributed by atoms with Crippen molar-refractivity contribution in [2.75, 3.05) is 0 Å². The molecule has 1 atom stereocenters. The first-order valence-electron chi connectivity index (χ1n) is 4.54. The lowest BCUT2D eigenvalue weighted by atomic mass is 9.96. The third-order valence-corrected chi connectivity index (χ3v) is 2.52. The van der Waals surface area contributed by atoms with Gasteiger partial charge in [0, 0.05) is 11.1 Å². The van der Waals surface area contributed by atoms with E-state index in [2.05, 4.69) is 0 Å². The molecule has 1 aliphatic carbocycles. The first-order valence-corrected chi connectivity index (χ1v) is 4.54. The molecule has 2 heteroatoms. The standard InChI is InChI=1S/C12H8O2/c13-10-6-3-5-9-8-4-1-2-7-11(8)14-12(9)10/h1-7,12H. The second kappa shape index (κ2) is 2.58. The number of fused-ring (bicyclic) bond motifs is 3. The molecule has 0 N–H and O–H groups in total. The molecule has 0 bridgehead atoms. The number of para-hydroxylation sites is 1. The maximum atomic E-state index is 11.5. The van der Waals surface area contributed by atoms with E-state index >= 15 is 0 Å². The van der Waals surface area contributed by atoms with Crippen molar-refractivity contribution in [3.8, 4) is 5.75 Å². The summed E-state index contributed by atoms with van der Waals surface area (Å²) in [4.78, 5) is 11.5. The monoisotopic (exact) mass is 184 g/mol. The van der Waals surface area contributed by atoms with Crippen LogP contribution in [-0.2, 0) is 4.79 Å². The zero-order chi connectivity index (χ0) is 9.54. The summed E-state index contributed by atoms with van der Waals surface area (Å²) >= 11 is 0. The predicted molar refractivity (Wildman–Crippen MR) is 53.0 cm³/mol. The number of ether oxygens (including phenoxy) is 1. The Morgan fingerprint density at radius 2 is 2.07 bits per heavy atom. The largest absolute Gasteiger partial charge is 0.477 e. The summed E-state index contributed by atoms with van der Waals surface area (Å²) in [5.74, 6) is 0.833. The highest BCUT2D eigenvalue weighted by Gasteiger charge is 2.33. The van der Waals surface area contributed by atoms with E-state index in [1.807, 2.05) is 30.3 Å². The molecule has 14 heavy (non-hydrogen) atoms. The van der Waals surface area contributed by atoms with Crippen molar-refractivity contribution in [1.29, 1.82) is 0 Å². The minimum atomic E-state index is -0.405. The Morgan fingerprint density at radius 1 is 1.21 bits per heavy atom. The van der Waals surface area contributed by atoms with E-state index in [9.17, 15) is 4.79 Å². The van der Waals surface area contributed by atoms with E-state index in [4.69, 9.17) is 4.74 Å². The summed E-state index contributed by atoms with van der Waals surface area (Å²) < 4.78 is 5.55. The van der Waals surface area contributed by atoms with E-state index in [1.54, 1.807) is 12.2 Å². The van der Waals surface area contributed by atoms with Gasteiger partial charge in [-0.1, -0.05) is 30.4 Å². The van der Waals surface area contributed by atoms with Crippen LogP contribution in [0.4, 0.5) is 0 Å². The van der Waals surface area contributed by atoms with Crippen LogP contribution in [0.15, 0.2) is 42.5 Å². The number of ketones is 1. The third kappa shape index (κ3) is 0.880. The van der Waals surface area contributed by atoms with Gasteiger partial charge in [-0.15, -0.1) is 0 Å². The predicted octanol–water partition coefficient (Wildman–Crippen LogP) is 1.97. The van der Waals surface area contributed by atoms with Crippen molar-refractivity contribution in [3.05, 3.63) is 48.1 Å². The molecule has 68 valence electrons. The van der Waals surface area contributed by atoms with Crippen molar-refractivity contribution < 1.29 is 9.53 Å². The number of hydrogen-bond donors (Lipinski definition) is 0. The topological polar surface area (TPSA) is 26.3 Å². The van der Waals surface area contributed by atoms with Gasteiger partial charge in [-0.2, -0.15) is 0 Å². The Morgan fingerprint density at radius 3 is 3.00 bits per heavy atom. The van der Waals surface area contributed by atoms with Gasteiger partial charge in [-0.3, -0.25) is 4.79 Å². The van der Waals surface area contributed by atoms with Crippen LogP contribution in [0.3, 0.4) is 0 Å². The molecule has 0 spiro atoms. The summed E-state index contributed by atoms with van der Waals surface area (Å²) in [5.41, 5.74) is 2.02. The van der Waals surface area contributed by atoms with Crippen LogP contribution < -0.4 is 4.74 Å². The molecule has 3 rings (SSSR count). The van der Waals surface area contributed by atoms with Gasteiger partial charge in [0.1, 0.15) is 5.75 Å². The molecule has 0 saturated carbocycles. The van der Waals surface area contributed by atoms with Crippen LogP contribution >= 0.6 is 0 Å². The molecule has 2 nitrogen and oxygen atoms in total. The molecule has 0 aromatic heterocycles. The smallest absolute Gasteiger partial charge is 0.200 e. The lowest BCUT2D eigenvalue weighted by Gasteiger charge is -2.10. The second-order valence-corrected chi connectivity index (χ2v) is 3.38. The number of carbonyl (C=O) groups excluding carboxylic acids is 1. The van der Waals surface area contributed by atoms with Gasteiger partial charge in [0.05, 0.1) is 0 Å². The van der Waals surface area contributed by atoms with Crippen molar-refractivity contribution >= 4 is 11.4 Å². The van der Waals surface area contributed by atoms with Crippen LogP contribution in [0, 0.1) is 0 Å². The van der Waals surface area contributed by atoms with Crippen molar-refractivity contribution in [2.24, 2.45) is 0 Å². The lowest BCUT2D eigenvalue weighted by Crippen LogP contribution is -2.24. The van der Waals surface area contributed by atoms with Crippen LogP contribution in [0.5, 0.6) is 5.75 Å². The Bertz CT molecular complexity index is 469. The number of allylic oxidation sites excluding steroid dienone is 2. The van der Waals surface area contributed by atoms with E-state index in [1.165, 1.54) is 0 Å². The van der Waals surface area contributed by atoms with Crippen molar-refractivity contribution in [3.63, 3.8) is 0 Å². The van der Waals surface area contributed by atoms with Crippen LogP contribution in [0.2, 0.25) is 0 Å². The molecule has 0 amide bonds. The molecule has 1 aromatic rings. The summed E-state index contributed by atoms with van der Waals surface area (Å²) in [6, 6.07) is 7.73. The summed E-state index contributed by atoms with van der Waals surface area (Å²) in [6.07, 6.45) is 4.87. The number of carbonyl (C=O) groups is 1. The summed E-state index contributed by atoms with van der Waals surface area (Å²) in [6.45, 7) is 0. The van der Waals surface area contributed by atoms with Gasteiger partial charge in [0.25, 0.3) is 0 Å². The van der Waals surface area contributed by atoms with Gasteiger partial charge in [-0.25, -0.2) is 0 Å². The van der Waals surface area contributed by atoms with Crippen LogP contribution in [-0.4, -0.2) is 11.9 Å². The molecule has 1 unspecified atom stereocenters. The fraction of sp³-hybridized carbons (Fsp3) is 0.0833. The molecule has 1 aliphatic heterocycles. The number of benzene rings is 1. The minimum absolute atomic E-state index is 0.0266. The van der Waals surface area contributed by atoms with E-state index in [-0.39, 0.29) is 5.78 Å². The molecule has 2 aliphatic rings. The Hall–Kier alpha value is -1.83. The lowest BCUT2D eigenvalue weighted by molar-refractivity contribution is -0.118. The minimum Gasteiger partial charge on any atom is -0.477 e. The van der Waals surface area contributed by atoms with Gasteiger partial charge in [0.15, 0.2) is 6.10 Å². The maximum absolute atomic E-state index is 11.5. The van der Waals surface area contributed by atoms with E-state index in [0.717, 1.165) is 16.9 Å². The van der Waals surface area contributed by atoms with Crippen LogP contribution in [0.25, 0.3) is 5.57 Å². The van der Waals surface area contributed by atoms with Gasteiger partial charge >= 0.3 is 0 Å². The van der Waals surface area contributed by atoms with Gasteiger partial charge < -0.3 is 4.74 Å². The molecular weight excluding hydrogens is 176 g/mol. The highest BCUT2D eigenvalue weighted by atomic mass is 16.5. The quantitative estimate of drug-likeness (QED) is 0.616.